The van der Waals surface area contributed by atoms with E-state index in [-0.39, 0.29) is 11.8 Å². The molecule has 0 aliphatic carbocycles. The molecule has 2 rings (SSSR count). The van der Waals surface area contributed by atoms with Crippen molar-refractivity contribution >= 4 is 6.03 Å². The molecule has 0 aliphatic heterocycles. The molecule has 4 nitrogen and oxygen atoms in total. The number of carbonyl (C=O) groups is 1. The molecule has 0 saturated carbocycles. The molecular formula is C21H28FN3O. The number of urea groups is 1. The maximum Gasteiger partial charge on any atom is 0.315 e. The largest absolute Gasteiger partial charge is 0.338 e. The Morgan fingerprint density at radius 2 is 1.62 bits per heavy atom. The molecule has 0 atom stereocenters. The monoisotopic (exact) mass is 357 g/mol. The minimum atomic E-state index is -0.242. The van der Waals surface area contributed by atoms with Gasteiger partial charge in [-0.2, -0.15) is 0 Å². The number of hydrogen-bond acceptors (Lipinski definition) is 2. The lowest BCUT2D eigenvalue weighted by Gasteiger charge is -2.18. The van der Waals surface area contributed by atoms with Gasteiger partial charge in [0.25, 0.3) is 0 Å². The summed E-state index contributed by atoms with van der Waals surface area (Å²) < 4.78 is 13.5. The molecule has 2 aromatic carbocycles. The molecule has 0 unspecified atom stereocenters. The second-order valence-electron chi connectivity index (χ2n) is 6.23. The van der Waals surface area contributed by atoms with Crippen LogP contribution >= 0.6 is 0 Å². The fourth-order valence-corrected chi connectivity index (χ4v) is 2.72. The van der Waals surface area contributed by atoms with E-state index in [9.17, 15) is 9.18 Å². The molecule has 0 bridgehead atoms. The van der Waals surface area contributed by atoms with E-state index in [2.05, 4.69) is 41.5 Å². The predicted molar refractivity (Wildman–Crippen MR) is 103 cm³/mol. The average molecular weight is 357 g/mol. The fraction of sp³-hybridized carbons (Fsp3) is 0.381. The summed E-state index contributed by atoms with van der Waals surface area (Å²) in [5.74, 6) is -0.237. The van der Waals surface area contributed by atoms with Gasteiger partial charge in [-0.3, -0.25) is 4.90 Å². The molecule has 2 N–H and O–H groups in total. The van der Waals surface area contributed by atoms with Gasteiger partial charge in [0, 0.05) is 19.6 Å². The van der Waals surface area contributed by atoms with E-state index in [0.717, 1.165) is 25.2 Å². The average Bonchev–Trinajstić information content (AvgIpc) is 2.67. The third-order valence-corrected chi connectivity index (χ3v) is 4.41. The molecule has 2 aromatic rings. The van der Waals surface area contributed by atoms with Gasteiger partial charge in [0.05, 0.1) is 0 Å². The van der Waals surface area contributed by atoms with Crippen molar-refractivity contribution in [2.75, 3.05) is 19.6 Å². The van der Waals surface area contributed by atoms with Gasteiger partial charge in [0.2, 0.25) is 0 Å². The van der Waals surface area contributed by atoms with E-state index in [4.69, 9.17) is 0 Å². The van der Waals surface area contributed by atoms with E-state index in [1.54, 1.807) is 18.2 Å². The molecule has 0 aromatic heterocycles. The van der Waals surface area contributed by atoms with Gasteiger partial charge in [-0.15, -0.1) is 0 Å². The first-order valence-electron chi connectivity index (χ1n) is 9.17. The Bertz CT molecular complexity index is 684. The minimum Gasteiger partial charge on any atom is -0.338 e. The van der Waals surface area contributed by atoms with Crippen molar-refractivity contribution in [2.24, 2.45) is 0 Å². The van der Waals surface area contributed by atoms with Crippen LogP contribution in [0.2, 0.25) is 0 Å². The number of hydrogen-bond donors (Lipinski definition) is 2. The van der Waals surface area contributed by atoms with Crippen molar-refractivity contribution in [2.45, 2.75) is 33.4 Å². The summed E-state index contributed by atoms with van der Waals surface area (Å²) in [7, 11) is 0. The van der Waals surface area contributed by atoms with Crippen LogP contribution in [0, 0.1) is 5.82 Å². The first-order chi connectivity index (χ1) is 12.6. The smallest absolute Gasteiger partial charge is 0.315 e. The molecule has 0 saturated heterocycles. The van der Waals surface area contributed by atoms with Crippen LogP contribution in [-0.2, 0) is 19.5 Å². The Balaban J connectivity index is 1.71. The van der Waals surface area contributed by atoms with Crippen molar-refractivity contribution in [3.63, 3.8) is 0 Å². The highest BCUT2D eigenvalue weighted by atomic mass is 19.1. The molecule has 0 aliphatic rings. The van der Waals surface area contributed by atoms with Crippen LogP contribution in [0.1, 0.15) is 30.5 Å². The van der Waals surface area contributed by atoms with E-state index in [0.29, 0.717) is 25.1 Å². The lowest BCUT2D eigenvalue weighted by atomic mass is 10.1. The molecule has 0 spiro atoms. The summed E-state index contributed by atoms with van der Waals surface area (Å²) in [6.45, 7) is 8.20. The summed E-state index contributed by atoms with van der Waals surface area (Å²) in [6.07, 6.45) is 0.472. The van der Waals surface area contributed by atoms with Gasteiger partial charge in [0.1, 0.15) is 5.82 Å². The van der Waals surface area contributed by atoms with Crippen LogP contribution in [0.25, 0.3) is 0 Å². The fourth-order valence-electron chi connectivity index (χ4n) is 2.72. The van der Waals surface area contributed by atoms with Crippen LogP contribution in [0.3, 0.4) is 0 Å². The van der Waals surface area contributed by atoms with Crippen molar-refractivity contribution in [3.05, 3.63) is 71.0 Å². The Hall–Kier alpha value is -2.40. The molecule has 26 heavy (non-hydrogen) atoms. The van der Waals surface area contributed by atoms with Gasteiger partial charge in [0.15, 0.2) is 0 Å². The van der Waals surface area contributed by atoms with Gasteiger partial charge in [-0.25, -0.2) is 9.18 Å². The van der Waals surface area contributed by atoms with Crippen LogP contribution in [0.4, 0.5) is 9.18 Å². The minimum absolute atomic E-state index is 0.237. The number of amides is 2. The third-order valence-electron chi connectivity index (χ3n) is 4.41. The van der Waals surface area contributed by atoms with Crippen molar-refractivity contribution < 1.29 is 9.18 Å². The zero-order chi connectivity index (χ0) is 18.8. The lowest BCUT2D eigenvalue weighted by molar-refractivity contribution is 0.240. The summed E-state index contributed by atoms with van der Waals surface area (Å²) in [5, 5.41) is 5.59. The Labute approximate surface area is 155 Å². The second-order valence-corrected chi connectivity index (χ2v) is 6.23. The topological polar surface area (TPSA) is 44.4 Å². The van der Waals surface area contributed by atoms with Crippen LogP contribution in [0.15, 0.2) is 48.5 Å². The lowest BCUT2D eigenvalue weighted by Crippen LogP contribution is -2.36. The number of nitrogens with zero attached hydrogens (tertiary/aromatic N) is 1. The second kappa shape index (κ2) is 10.6. The molecule has 0 radical (unpaired) electrons. The highest BCUT2D eigenvalue weighted by Crippen LogP contribution is 2.08. The van der Waals surface area contributed by atoms with Crippen molar-refractivity contribution in [1.82, 2.24) is 15.5 Å². The number of carbonyl (C=O) groups excluding carboxylic acids is 1. The molecule has 5 heteroatoms. The van der Waals surface area contributed by atoms with Gasteiger partial charge in [-0.1, -0.05) is 56.3 Å². The highest BCUT2D eigenvalue weighted by Gasteiger charge is 2.04. The number of nitrogens with one attached hydrogen (secondary N) is 2. The van der Waals surface area contributed by atoms with Crippen molar-refractivity contribution in [1.29, 1.82) is 0 Å². The van der Waals surface area contributed by atoms with Crippen LogP contribution in [0.5, 0.6) is 0 Å². The Morgan fingerprint density at radius 1 is 0.962 bits per heavy atom. The zero-order valence-corrected chi connectivity index (χ0v) is 15.6. The van der Waals surface area contributed by atoms with E-state index in [1.807, 2.05) is 12.1 Å². The van der Waals surface area contributed by atoms with Gasteiger partial charge in [-0.05, 0) is 42.3 Å². The van der Waals surface area contributed by atoms with Crippen LogP contribution in [-0.4, -0.2) is 30.6 Å². The van der Waals surface area contributed by atoms with Crippen LogP contribution < -0.4 is 10.6 Å². The highest BCUT2D eigenvalue weighted by molar-refractivity contribution is 5.73. The number of benzene rings is 2. The molecule has 0 heterocycles. The zero-order valence-electron chi connectivity index (χ0n) is 15.6. The molecule has 2 amide bonds. The van der Waals surface area contributed by atoms with Crippen molar-refractivity contribution in [3.8, 4) is 0 Å². The predicted octanol–water partition coefficient (Wildman–Crippen LogP) is 3.71. The normalized spacial score (nSPS) is 10.8. The molecular weight excluding hydrogens is 329 g/mol. The maximum atomic E-state index is 13.5. The maximum absolute atomic E-state index is 13.5. The van der Waals surface area contributed by atoms with E-state index < -0.39 is 0 Å². The van der Waals surface area contributed by atoms with Gasteiger partial charge < -0.3 is 10.6 Å². The quantitative estimate of drug-likeness (QED) is 0.719. The SMILES string of the molecule is CCN(CC)Cc1ccc(CNC(=O)NCCc2ccccc2F)cc1. The summed E-state index contributed by atoms with van der Waals surface area (Å²) >= 11 is 0. The molecule has 0 fully saturated rings. The standard InChI is InChI=1S/C21H28FN3O/c1-3-25(4-2)16-18-11-9-17(10-12-18)15-24-21(26)23-14-13-19-7-5-6-8-20(19)22/h5-12H,3-4,13-16H2,1-2H3,(H2,23,24,26). The summed E-state index contributed by atoms with van der Waals surface area (Å²) in [4.78, 5) is 14.2. The van der Waals surface area contributed by atoms with E-state index >= 15 is 0 Å². The first-order valence-corrected chi connectivity index (χ1v) is 9.17. The first kappa shape index (κ1) is 19.9. The van der Waals surface area contributed by atoms with E-state index in [1.165, 1.54) is 11.6 Å². The summed E-state index contributed by atoms with van der Waals surface area (Å²) in [5.41, 5.74) is 2.93. The third kappa shape index (κ3) is 6.48. The summed E-state index contributed by atoms with van der Waals surface area (Å²) in [6, 6.07) is 14.7. The Morgan fingerprint density at radius 3 is 2.27 bits per heavy atom. The van der Waals surface area contributed by atoms with Gasteiger partial charge >= 0.3 is 6.03 Å². The number of halogens is 1. The molecule has 140 valence electrons. The number of rotatable bonds is 9. The Kier molecular flexibility index (Phi) is 8.09.